The molecule has 0 unspecified atom stereocenters. The summed E-state index contributed by atoms with van der Waals surface area (Å²) in [5, 5.41) is 12.2. The maximum Gasteiger partial charge on any atom is 0.368 e. The first kappa shape index (κ1) is 13.5. The molecule has 0 amide bonds. The van der Waals surface area contributed by atoms with E-state index in [1.807, 2.05) is 6.92 Å². The van der Waals surface area contributed by atoms with Gasteiger partial charge in [-0.15, -0.1) is 5.10 Å². The first-order valence-electron chi connectivity index (χ1n) is 7.31. The van der Waals surface area contributed by atoms with Crippen LogP contribution in [0.15, 0.2) is 29.5 Å². The van der Waals surface area contributed by atoms with Gasteiger partial charge in [0, 0.05) is 19.3 Å². The van der Waals surface area contributed by atoms with E-state index in [1.165, 1.54) is 25.6 Å². The van der Waals surface area contributed by atoms with E-state index in [0.717, 1.165) is 14.5 Å². The number of hydrogen-bond donors (Lipinski definition) is 1. The third kappa shape index (κ3) is 2.91. The van der Waals surface area contributed by atoms with Crippen LogP contribution in [0.5, 0.6) is 11.6 Å². The standard InChI is InChI=1S/C13H15N7O3/c1-3-22-11-7-14-6-10(20-13(21)19(2)17-18-20)9(11)8-23-12-4-5-15-16-12/h4-7H,3,8H2,1-2H3,(H,15,16)/i/hT. The minimum atomic E-state index is -0.415. The molecule has 3 aromatic heterocycles. The molecule has 0 aromatic carbocycles. The number of ether oxygens (including phenoxy) is 2. The molecule has 1 N–H and O–H groups in total. The van der Waals surface area contributed by atoms with Gasteiger partial charge in [-0.25, -0.2) is 4.79 Å². The number of H-pyrrole nitrogens is 1. The number of aryl methyl sites for hydroxylation is 1. The van der Waals surface area contributed by atoms with Crippen molar-refractivity contribution in [3.8, 4) is 17.3 Å². The molecule has 0 aliphatic heterocycles. The molecule has 0 aliphatic rings. The Morgan fingerprint density at radius 3 is 2.87 bits per heavy atom. The number of aromatic nitrogens is 7. The molecule has 0 bridgehead atoms. The van der Waals surface area contributed by atoms with Crippen molar-refractivity contribution < 1.29 is 10.9 Å². The molecule has 0 fully saturated rings. The van der Waals surface area contributed by atoms with Crippen molar-refractivity contribution in [1.82, 2.24) is 35.0 Å². The summed E-state index contributed by atoms with van der Waals surface area (Å²) in [7, 11) is 1.50. The van der Waals surface area contributed by atoms with Gasteiger partial charge in [0.15, 0.2) is 1.41 Å². The molecule has 0 saturated heterocycles. The number of nitrogens with one attached hydrogen (secondary N) is 1. The van der Waals surface area contributed by atoms with Crippen LogP contribution in [0.4, 0.5) is 0 Å². The van der Waals surface area contributed by atoms with Gasteiger partial charge in [0.1, 0.15) is 18.0 Å². The lowest BCUT2D eigenvalue weighted by Gasteiger charge is -2.13. The largest absolute Gasteiger partial charge is 0.492 e. The van der Waals surface area contributed by atoms with Gasteiger partial charge in [-0.2, -0.15) is 9.36 Å². The highest BCUT2D eigenvalue weighted by Gasteiger charge is 2.17. The number of hydrogen-bond acceptors (Lipinski definition) is 7. The topological polar surface area (TPSA) is 113 Å². The van der Waals surface area contributed by atoms with Crippen molar-refractivity contribution >= 4 is 0 Å². The number of rotatable bonds is 6. The van der Waals surface area contributed by atoms with E-state index < -0.39 is 5.69 Å². The fraction of sp³-hybridized carbons (Fsp3) is 0.308. The highest BCUT2D eigenvalue weighted by atomic mass is 16.5. The van der Waals surface area contributed by atoms with Crippen molar-refractivity contribution in [2.24, 2.45) is 7.05 Å². The van der Waals surface area contributed by atoms with Crippen molar-refractivity contribution in [1.29, 1.82) is 0 Å². The SMILES string of the molecule is [3H]n1ccc(OCc2c(OCC)cncc2-n2nnn(C)c2=O)n1. The second-order valence-electron chi connectivity index (χ2n) is 4.52. The minimum absolute atomic E-state index is 0.0627. The summed E-state index contributed by atoms with van der Waals surface area (Å²) in [4.78, 5) is 16.2. The third-order valence-electron chi connectivity index (χ3n) is 3.05. The fourth-order valence-corrected chi connectivity index (χ4v) is 1.97. The highest BCUT2D eigenvalue weighted by molar-refractivity contribution is 5.46. The molecule has 10 heteroatoms. The van der Waals surface area contributed by atoms with Crippen LogP contribution in [0.2, 0.25) is 1.41 Å². The van der Waals surface area contributed by atoms with Crippen LogP contribution in [0, 0.1) is 0 Å². The van der Waals surface area contributed by atoms with E-state index in [0.29, 0.717) is 23.6 Å². The Morgan fingerprint density at radius 1 is 1.35 bits per heavy atom. The third-order valence-corrected chi connectivity index (χ3v) is 3.05. The average Bonchev–Trinajstić information content (AvgIpc) is 3.13. The van der Waals surface area contributed by atoms with Crippen molar-refractivity contribution in [3.05, 3.63) is 40.7 Å². The van der Waals surface area contributed by atoms with Crippen molar-refractivity contribution in [2.75, 3.05) is 6.61 Å². The van der Waals surface area contributed by atoms with Crippen LogP contribution in [-0.2, 0) is 13.7 Å². The molecule has 120 valence electrons. The molecule has 0 radical (unpaired) electrons. The number of tetrazole rings is 1. The van der Waals surface area contributed by atoms with Crippen LogP contribution in [-0.4, -0.2) is 41.6 Å². The van der Waals surface area contributed by atoms with E-state index >= 15 is 0 Å². The first-order valence-corrected chi connectivity index (χ1v) is 6.87. The number of pyridine rings is 1. The molecule has 0 aliphatic carbocycles. The van der Waals surface area contributed by atoms with Crippen molar-refractivity contribution in [3.63, 3.8) is 0 Å². The Labute approximate surface area is 132 Å². The van der Waals surface area contributed by atoms with Gasteiger partial charge in [-0.05, 0) is 17.4 Å². The zero-order chi connectivity index (χ0) is 17.1. The van der Waals surface area contributed by atoms with E-state index in [4.69, 9.17) is 10.9 Å². The van der Waals surface area contributed by atoms with Gasteiger partial charge in [0.05, 0.1) is 24.6 Å². The second-order valence-corrected chi connectivity index (χ2v) is 4.52. The zero-order valence-corrected chi connectivity index (χ0v) is 12.6. The fourth-order valence-electron chi connectivity index (χ4n) is 1.97. The molecule has 3 rings (SSSR count). The van der Waals surface area contributed by atoms with E-state index in [2.05, 4.69) is 20.5 Å². The average molecular weight is 319 g/mol. The zero-order valence-electron chi connectivity index (χ0n) is 13.6. The Morgan fingerprint density at radius 2 is 2.22 bits per heavy atom. The molecular weight excluding hydrogens is 302 g/mol. The summed E-state index contributed by atoms with van der Waals surface area (Å²) < 4.78 is 20.7. The lowest BCUT2D eigenvalue weighted by atomic mass is 10.2. The van der Waals surface area contributed by atoms with Gasteiger partial charge < -0.3 is 9.47 Å². The maximum atomic E-state index is 12.1. The quantitative estimate of drug-likeness (QED) is 0.683. The molecule has 0 spiro atoms. The normalized spacial score (nSPS) is 11.3. The molecule has 0 atom stereocenters. The predicted molar refractivity (Wildman–Crippen MR) is 78.5 cm³/mol. The predicted octanol–water partition coefficient (Wildman–Crippen LogP) is 0.0618. The van der Waals surface area contributed by atoms with E-state index in [9.17, 15) is 4.79 Å². The van der Waals surface area contributed by atoms with Gasteiger partial charge in [-0.1, -0.05) is 0 Å². The lowest BCUT2D eigenvalue weighted by molar-refractivity contribution is 0.276. The molecule has 23 heavy (non-hydrogen) atoms. The number of aromatic amines is 1. The number of nitrogens with zero attached hydrogens (tertiary/aromatic N) is 6. The highest BCUT2D eigenvalue weighted by Crippen LogP contribution is 2.24. The summed E-state index contributed by atoms with van der Waals surface area (Å²) in [6.45, 7) is 2.33. The van der Waals surface area contributed by atoms with Gasteiger partial charge in [0.2, 0.25) is 5.88 Å². The van der Waals surface area contributed by atoms with Crippen LogP contribution in [0.3, 0.4) is 0 Å². The summed E-state index contributed by atoms with van der Waals surface area (Å²) in [6.07, 6.45) is 4.47. The maximum absolute atomic E-state index is 12.1. The molecule has 3 heterocycles. The second kappa shape index (κ2) is 6.30. The van der Waals surface area contributed by atoms with Gasteiger partial charge >= 0.3 is 5.69 Å². The van der Waals surface area contributed by atoms with Gasteiger partial charge in [0.25, 0.3) is 0 Å². The Hall–Kier alpha value is -3.17. The van der Waals surface area contributed by atoms with Crippen LogP contribution in [0.25, 0.3) is 5.69 Å². The van der Waals surface area contributed by atoms with Gasteiger partial charge in [-0.3, -0.25) is 10.1 Å². The summed E-state index contributed by atoms with van der Waals surface area (Å²) in [5.74, 6) is 0.750. The lowest BCUT2D eigenvalue weighted by Crippen LogP contribution is -2.23. The summed E-state index contributed by atoms with van der Waals surface area (Å²) in [5.41, 5.74) is 0.570. The first-order chi connectivity index (χ1) is 11.6. The summed E-state index contributed by atoms with van der Waals surface area (Å²) >= 11 is 0. The summed E-state index contributed by atoms with van der Waals surface area (Å²) in [6, 6.07) is 1.56. The Balaban J connectivity index is 2.00. The van der Waals surface area contributed by atoms with Crippen molar-refractivity contribution in [2.45, 2.75) is 13.5 Å². The van der Waals surface area contributed by atoms with Crippen LogP contribution in [0.1, 0.15) is 12.5 Å². The minimum Gasteiger partial charge on any atom is -0.492 e. The van der Waals surface area contributed by atoms with E-state index in [-0.39, 0.29) is 12.5 Å². The Bertz CT molecular complexity index is 901. The smallest absolute Gasteiger partial charge is 0.368 e. The van der Waals surface area contributed by atoms with E-state index in [1.54, 1.807) is 6.07 Å². The monoisotopic (exact) mass is 319 g/mol. The van der Waals surface area contributed by atoms with Crippen LogP contribution < -0.4 is 15.2 Å². The molecule has 0 saturated carbocycles. The molecule has 3 aromatic rings. The Kier molecular flexibility index (Phi) is 3.69. The van der Waals surface area contributed by atoms with Crippen LogP contribution >= 0.6 is 0 Å². The molecule has 10 nitrogen and oxygen atoms in total. The molecular formula is C13H15N7O3.